The van der Waals surface area contributed by atoms with Crippen molar-refractivity contribution in [2.24, 2.45) is 0 Å². The first-order valence-corrected chi connectivity index (χ1v) is 9.36. The van der Waals surface area contributed by atoms with Crippen LogP contribution in [0.15, 0.2) is 40.8 Å². The first-order chi connectivity index (χ1) is 11.7. The van der Waals surface area contributed by atoms with Crippen molar-refractivity contribution in [2.45, 2.75) is 37.2 Å². The third-order valence-electron chi connectivity index (χ3n) is 4.26. The third kappa shape index (κ3) is 3.97. The van der Waals surface area contributed by atoms with Crippen LogP contribution in [0.1, 0.15) is 35.7 Å². The van der Waals surface area contributed by atoms with Crippen molar-refractivity contribution in [1.82, 2.24) is 14.9 Å². The highest BCUT2D eigenvalue weighted by Gasteiger charge is 2.20. The Morgan fingerprint density at radius 2 is 2.17 bits per heavy atom. The molecule has 2 heterocycles. The molecule has 24 heavy (non-hydrogen) atoms. The van der Waals surface area contributed by atoms with Crippen molar-refractivity contribution in [3.8, 4) is 0 Å². The van der Waals surface area contributed by atoms with E-state index in [1.165, 1.54) is 5.56 Å². The van der Waals surface area contributed by atoms with E-state index in [4.69, 9.17) is 0 Å². The normalized spacial score (nSPS) is 14.4. The molecule has 0 atom stereocenters. The van der Waals surface area contributed by atoms with Crippen LogP contribution in [-0.2, 0) is 18.7 Å². The number of rotatable bonds is 6. The summed E-state index contributed by atoms with van der Waals surface area (Å²) in [5.41, 5.74) is 4.15. The van der Waals surface area contributed by atoms with Gasteiger partial charge in [0.1, 0.15) is 0 Å². The molecule has 5 heteroatoms. The molecular formula is C19H23N3OS. The molecule has 0 fully saturated rings. The van der Waals surface area contributed by atoms with Crippen LogP contribution in [0.4, 0.5) is 0 Å². The van der Waals surface area contributed by atoms with Crippen LogP contribution in [-0.4, -0.2) is 28.0 Å². The number of benzene rings is 1. The molecule has 1 aromatic heterocycles. The topological polar surface area (TPSA) is 49.0 Å². The van der Waals surface area contributed by atoms with E-state index in [9.17, 15) is 4.79 Å². The molecule has 126 valence electrons. The fourth-order valence-corrected chi connectivity index (χ4v) is 3.77. The van der Waals surface area contributed by atoms with Gasteiger partial charge in [-0.05, 0) is 24.1 Å². The van der Waals surface area contributed by atoms with Crippen molar-refractivity contribution in [1.29, 1.82) is 0 Å². The molecule has 0 amide bonds. The molecule has 0 saturated carbocycles. The standard InChI is InChI=1S/C19H23N3OS/c1-3-10-22-11-9-17-16(12-22)18(23)21-19(20-17)24-13-15-7-5-14(4-2)6-8-15/h4-8H,2-3,9-13H2,1H3,(H,20,21,23). The Balaban J connectivity index is 1.70. The predicted molar refractivity (Wildman–Crippen MR) is 100 cm³/mol. The monoisotopic (exact) mass is 341 g/mol. The molecule has 0 unspecified atom stereocenters. The van der Waals surface area contributed by atoms with Crippen LogP contribution in [0, 0.1) is 0 Å². The molecule has 0 aliphatic carbocycles. The molecule has 2 aromatic rings. The Labute approximate surface area is 147 Å². The lowest BCUT2D eigenvalue weighted by Gasteiger charge is -2.27. The van der Waals surface area contributed by atoms with Crippen LogP contribution in [0.5, 0.6) is 0 Å². The zero-order valence-electron chi connectivity index (χ0n) is 14.0. The average Bonchev–Trinajstić information content (AvgIpc) is 2.61. The Hall–Kier alpha value is -1.85. The van der Waals surface area contributed by atoms with E-state index in [2.05, 4.69) is 40.5 Å². The third-order valence-corrected chi connectivity index (χ3v) is 5.20. The summed E-state index contributed by atoms with van der Waals surface area (Å²) in [4.78, 5) is 22.3. The summed E-state index contributed by atoms with van der Waals surface area (Å²) in [7, 11) is 0. The summed E-state index contributed by atoms with van der Waals surface area (Å²) in [6.07, 6.45) is 3.81. The number of H-pyrrole nitrogens is 1. The van der Waals surface area contributed by atoms with Crippen molar-refractivity contribution in [3.05, 3.63) is 63.6 Å². The fraction of sp³-hybridized carbons (Fsp3) is 0.368. The minimum Gasteiger partial charge on any atom is -0.301 e. The van der Waals surface area contributed by atoms with E-state index in [0.717, 1.165) is 60.2 Å². The lowest BCUT2D eigenvalue weighted by Crippen LogP contribution is -2.36. The molecule has 1 aliphatic heterocycles. The summed E-state index contributed by atoms with van der Waals surface area (Å²) < 4.78 is 0. The van der Waals surface area contributed by atoms with E-state index in [1.54, 1.807) is 11.8 Å². The van der Waals surface area contributed by atoms with Crippen molar-refractivity contribution in [2.75, 3.05) is 13.1 Å². The zero-order chi connectivity index (χ0) is 16.9. The van der Waals surface area contributed by atoms with Gasteiger partial charge >= 0.3 is 0 Å². The van der Waals surface area contributed by atoms with Crippen LogP contribution in [0.25, 0.3) is 6.08 Å². The number of fused-ring (bicyclic) bond motifs is 1. The minimum absolute atomic E-state index is 0.0188. The maximum absolute atomic E-state index is 12.4. The number of aromatic amines is 1. The molecule has 0 spiro atoms. The molecule has 1 aliphatic rings. The van der Waals surface area contributed by atoms with Gasteiger partial charge in [-0.15, -0.1) is 0 Å². The first kappa shape index (κ1) is 17.0. The van der Waals surface area contributed by atoms with E-state index >= 15 is 0 Å². The quantitative estimate of drug-likeness (QED) is 0.646. The lowest BCUT2D eigenvalue weighted by atomic mass is 10.1. The molecule has 0 bridgehead atoms. The Morgan fingerprint density at radius 3 is 2.88 bits per heavy atom. The van der Waals surface area contributed by atoms with Crippen LogP contribution in [0.3, 0.4) is 0 Å². The molecule has 3 rings (SSSR count). The summed E-state index contributed by atoms with van der Waals surface area (Å²) in [5.74, 6) is 0.793. The maximum Gasteiger partial charge on any atom is 0.256 e. The van der Waals surface area contributed by atoms with Gasteiger partial charge in [-0.25, -0.2) is 4.98 Å². The Bertz CT molecular complexity index is 767. The Morgan fingerprint density at radius 1 is 1.38 bits per heavy atom. The highest BCUT2D eigenvalue weighted by atomic mass is 32.2. The summed E-state index contributed by atoms with van der Waals surface area (Å²) in [6, 6.07) is 8.27. The summed E-state index contributed by atoms with van der Waals surface area (Å²) in [6.45, 7) is 8.68. The van der Waals surface area contributed by atoms with Crippen LogP contribution < -0.4 is 5.56 Å². The Kier molecular flexibility index (Phi) is 5.53. The second-order valence-corrected chi connectivity index (χ2v) is 7.02. The molecule has 1 N–H and O–H groups in total. The number of hydrogen-bond acceptors (Lipinski definition) is 4. The fourth-order valence-electron chi connectivity index (χ4n) is 2.94. The smallest absolute Gasteiger partial charge is 0.256 e. The van der Waals surface area contributed by atoms with Gasteiger partial charge in [-0.1, -0.05) is 55.6 Å². The number of nitrogens with zero attached hydrogens (tertiary/aromatic N) is 2. The van der Waals surface area contributed by atoms with Gasteiger partial charge in [0.25, 0.3) is 5.56 Å². The van der Waals surface area contributed by atoms with E-state index in [-0.39, 0.29) is 5.56 Å². The van der Waals surface area contributed by atoms with E-state index in [1.807, 2.05) is 18.2 Å². The summed E-state index contributed by atoms with van der Waals surface area (Å²) in [5, 5.41) is 0.718. The van der Waals surface area contributed by atoms with Gasteiger partial charge < -0.3 is 4.98 Å². The zero-order valence-corrected chi connectivity index (χ0v) is 14.9. The molecule has 0 saturated heterocycles. The second kappa shape index (κ2) is 7.81. The van der Waals surface area contributed by atoms with Crippen LogP contribution in [0.2, 0.25) is 0 Å². The van der Waals surface area contributed by atoms with Gasteiger partial charge in [0.05, 0.1) is 11.3 Å². The van der Waals surface area contributed by atoms with Gasteiger partial charge in [-0.2, -0.15) is 0 Å². The first-order valence-electron chi connectivity index (χ1n) is 8.38. The lowest BCUT2D eigenvalue weighted by molar-refractivity contribution is 0.250. The van der Waals surface area contributed by atoms with Gasteiger partial charge in [0.2, 0.25) is 0 Å². The SMILES string of the molecule is C=Cc1ccc(CSc2nc3c(c(=O)[nH]2)CN(CCC)CC3)cc1. The van der Waals surface area contributed by atoms with Gasteiger partial charge in [0, 0.05) is 25.3 Å². The highest BCUT2D eigenvalue weighted by Crippen LogP contribution is 2.21. The molecule has 0 radical (unpaired) electrons. The van der Waals surface area contributed by atoms with Crippen molar-refractivity contribution in [3.63, 3.8) is 0 Å². The number of nitrogens with one attached hydrogen (secondary N) is 1. The number of thioether (sulfide) groups is 1. The van der Waals surface area contributed by atoms with E-state index < -0.39 is 0 Å². The average molecular weight is 341 g/mol. The highest BCUT2D eigenvalue weighted by molar-refractivity contribution is 7.98. The largest absolute Gasteiger partial charge is 0.301 e. The number of aromatic nitrogens is 2. The predicted octanol–water partition coefficient (Wildman–Crippen LogP) is 3.47. The van der Waals surface area contributed by atoms with Gasteiger partial charge in [0.15, 0.2) is 5.16 Å². The molecule has 1 aromatic carbocycles. The van der Waals surface area contributed by atoms with Crippen molar-refractivity contribution < 1.29 is 0 Å². The van der Waals surface area contributed by atoms with Gasteiger partial charge in [-0.3, -0.25) is 9.69 Å². The van der Waals surface area contributed by atoms with Crippen molar-refractivity contribution >= 4 is 17.8 Å². The van der Waals surface area contributed by atoms with E-state index in [0.29, 0.717) is 0 Å². The summed E-state index contributed by atoms with van der Waals surface area (Å²) >= 11 is 1.58. The maximum atomic E-state index is 12.4. The molecule has 4 nitrogen and oxygen atoms in total. The minimum atomic E-state index is 0.0188. The number of hydrogen-bond donors (Lipinski definition) is 1. The van der Waals surface area contributed by atoms with Crippen LogP contribution >= 0.6 is 11.8 Å². The molecular weight excluding hydrogens is 318 g/mol. The second-order valence-electron chi connectivity index (χ2n) is 6.06.